The van der Waals surface area contributed by atoms with E-state index in [2.05, 4.69) is 46.6 Å². The summed E-state index contributed by atoms with van der Waals surface area (Å²) in [5.74, 6) is 0.154. The van der Waals surface area contributed by atoms with Crippen molar-refractivity contribution in [3.8, 4) is 0 Å². The lowest BCUT2D eigenvalue weighted by atomic mass is 9.95. The number of anilines is 1. The van der Waals surface area contributed by atoms with E-state index in [4.69, 9.17) is 4.74 Å². The van der Waals surface area contributed by atoms with Crippen LogP contribution in [0.1, 0.15) is 16.7 Å². The van der Waals surface area contributed by atoms with Crippen molar-refractivity contribution in [1.82, 2.24) is 10.2 Å². The first kappa shape index (κ1) is 18.0. The third-order valence-corrected chi connectivity index (χ3v) is 5.51. The highest BCUT2D eigenvalue weighted by Gasteiger charge is 2.27. The van der Waals surface area contributed by atoms with Gasteiger partial charge in [0.1, 0.15) is 0 Å². The molecule has 1 amide bonds. The molecule has 5 heteroatoms. The van der Waals surface area contributed by atoms with Gasteiger partial charge >= 0.3 is 0 Å². The fourth-order valence-electron chi connectivity index (χ4n) is 3.99. The standard InChI is InChI=1S/C22H27N3O2/c1-24(22(26)20-14-17-6-2-3-7-18(17)15-23-20)16-19-8-4-5-9-21(19)25-10-12-27-13-11-25/h2-9,20,23H,10-16H2,1H3/t20-/m1/s1. The molecule has 1 N–H and O–H groups in total. The van der Waals surface area contributed by atoms with Gasteiger partial charge < -0.3 is 19.9 Å². The number of morpholine rings is 1. The molecule has 27 heavy (non-hydrogen) atoms. The smallest absolute Gasteiger partial charge is 0.240 e. The summed E-state index contributed by atoms with van der Waals surface area (Å²) in [7, 11) is 1.90. The number of benzene rings is 2. The molecule has 2 aliphatic rings. The van der Waals surface area contributed by atoms with Crippen LogP contribution < -0.4 is 10.2 Å². The molecule has 0 saturated carbocycles. The predicted molar refractivity (Wildman–Crippen MR) is 107 cm³/mol. The van der Waals surface area contributed by atoms with Crippen molar-refractivity contribution in [3.63, 3.8) is 0 Å². The van der Waals surface area contributed by atoms with Crippen molar-refractivity contribution in [2.45, 2.75) is 25.6 Å². The average molecular weight is 365 g/mol. The van der Waals surface area contributed by atoms with Gasteiger partial charge in [0.15, 0.2) is 0 Å². The zero-order chi connectivity index (χ0) is 18.6. The fraction of sp³-hybridized carbons (Fsp3) is 0.409. The molecule has 0 aromatic heterocycles. The number of nitrogens with one attached hydrogen (secondary N) is 1. The topological polar surface area (TPSA) is 44.8 Å². The molecule has 0 radical (unpaired) electrons. The second-order valence-corrected chi connectivity index (χ2v) is 7.33. The maximum atomic E-state index is 13.0. The molecule has 4 rings (SSSR count). The average Bonchev–Trinajstić information content (AvgIpc) is 2.74. The molecule has 1 atom stereocenters. The molecular weight excluding hydrogens is 338 g/mol. The molecule has 0 spiro atoms. The highest BCUT2D eigenvalue weighted by atomic mass is 16.5. The Morgan fingerprint density at radius 1 is 1.11 bits per heavy atom. The van der Waals surface area contributed by atoms with E-state index in [1.807, 2.05) is 24.1 Å². The van der Waals surface area contributed by atoms with E-state index in [-0.39, 0.29) is 11.9 Å². The number of hydrogen-bond donors (Lipinski definition) is 1. The summed E-state index contributed by atoms with van der Waals surface area (Å²) < 4.78 is 5.47. The van der Waals surface area contributed by atoms with Gasteiger partial charge in [0.2, 0.25) is 5.91 Å². The van der Waals surface area contributed by atoms with Crippen LogP contribution in [0.3, 0.4) is 0 Å². The number of fused-ring (bicyclic) bond motifs is 1. The summed E-state index contributed by atoms with van der Waals surface area (Å²) >= 11 is 0. The van der Waals surface area contributed by atoms with Crippen molar-refractivity contribution in [2.24, 2.45) is 0 Å². The highest BCUT2D eigenvalue weighted by Crippen LogP contribution is 2.23. The second-order valence-electron chi connectivity index (χ2n) is 7.33. The van der Waals surface area contributed by atoms with Gasteiger partial charge in [-0.3, -0.25) is 4.79 Å². The molecule has 0 unspecified atom stereocenters. The van der Waals surface area contributed by atoms with Gasteiger partial charge in [0, 0.05) is 38.9 Å². The first-order valence-electron chi connectivity index (χ1n) is 9.68. The number of nitrogens with zero attached hydrogens (tertiary/aromatic N) is 2. The number of para-hydroxylation sites is 1. The van der Waals surface area contributed by atoms with Crippen LogP contribution in [0.15, 0.2) is 48.5 Å². The molecule has 0 bridgehead atoms. The summed E-state index contributed by atoms with van der Waals surface area (Å²) in [5, 5.41) is 3.40. The monoisotopic (exact) mass is 365 g/mol. The van der Waals surface area contributed by atoms with Crippen molar-refractivity contribution < 1.29 is 9.53 Å². The van der Waals surface area contributed by atoms with Gasteiger partial charge in [0.25, 0.3) is 0 Å². The van der Waals surface area contributed by atoms with Crippen molar-refractivity contribution in [1.29, 1.82) is 0 Å². The molecule has 2 aliphatic heterocycles. The van der Waals surface area contributed by atoms with Gasteiger partial charge in [-0.1, -0.05) is 42.5 Å². The summed E-state index contributed by atoms with van der Waals surface area (Å²) in [5.41, 5.74) is 4.97. The first-order valence-corrected chi connectivity index (χ1v) is 9.68. The summed E-state index contributed by atoms with van der Waals surface area (Å²) in [4.78, 5) is 17.2. The van der Waals surface area contributed by atoms with Crippen LogP contribution in [0.5, 0.6) is 0 Å². The van der Waals surface area contributed by atoms with Gasteiger partial charge in [-0.25, -0.2) is 0 Å². The van der Waals surface area contributed by atoms with E-state index in [1.54, 1.807) is 0 Å². The molecular formula is C22H27N3O2. The van der Waals surface area contributed by atoms with E-state index < -0.39 is 0 Å². The lowest BCUT2D eigenvalue weighted by molar-refractivity contribution is -0.132. The van der Waals surface area contributed by atoms with Crippen LogP contribution in [0.2, 0.25) is 0 Å². The second kappa shape index (κ2) is 8.11. The lowest BCUT2D eigenvalue weighted by Gasteiger charge is -2.32. The Balaban J connectivity index is 1.45. The number of rotatable bonds is 4. The number of carbonyl (C=O) groups excluding carboxylic acids is 1. The van der Waals surface area contributed by atoms with Gasteiger partial charge in [0.05, 0.1) is 19.3 Å². The van der Waals surface area contributed by atoms with Crippen LogP contribution in [0.25, 0.3) is 0 Å². The summed E-state index contributed by atoms with van der Waals surface area (Å²) in [6.45, 7) is 4.69. The quantitative estimate of drug-likeness (QED) is 0.902. The van der Waals surface area contributed by atoms with Gasteiger partial charge in [-0.2, -0.15) is 0 Å². The number of hydrogen-bond acceptors (Lipinski definition) is 4. The minimum absolute atomic E-state index is 0.152. The predicted octanol–water partition coefficient (Wildman–Crippen LogP) is 2.20. The molecule has 0 aliphatic carbocycles. The fourth-order valence-corrected chi connectivity index (χ4v) is 3.99. The Morgan fingerprint density at radius 2 is 1.81 bits per heavy atom. The SMILES string of the molecule is CN(Cc1ccccc1N1CCOCC1)C(=O)[C@H]1Cc2ccccc2CN1. The summed E-state index contributed by atoms with van der Waals surface area (Å²) in [6, 6.07) is 16.6. The molecule has 2 aromatic carbocycles. The van der Waals surface area contributed by atoms with Crippen LogP contribution in [0, 0.1) is 0 Å². The van der Waals surface area contributed by atoms with E-state index in [0.29, 0.717) is 6.54 Å². The van der Waals surface area contributed by atoms with E-state index >= 15 is 0 Å². The van der Waals surface area contributed by atoms with E-state index in [1.165, 1.54) is 22.4 Å². The first-order chi connectivity index (χ1) is 13.2. The van der Waals surface area contributed by atoms with Crippen LogP contribution in [-0.2, 0) is 29.0 Å². The van der Waals surface area contributed by atoms with E-state index in [9.17, 15) is 4.79 Å². The van der Waals surface area contributed by atoms with Gasteiger partial charge in [-0.15, -0.1) is 0 Å². The minimum atomic E-state index is -0.152. The van der Waals surface area contributed by atoms with E-state index in [0.717, 1.165) is 39.3 Å². The van der Waals surface area contributed by atoms with Crippen LogP contribution in [-0.4, -0.2) is 50.2 Å². The number of carbonyl (C=O) groups is 1. The lowest BCUT2D eigenvalue weighted by Crippen LogP contribution is -2.48. The Morgan fingerprint density at radius 3 is 2.63 bits per heavy atom. The minimum Gasteiger partial charge on any atom is -0.378 e. The van der Waals surface area contributed by atoms with Crippen molar-refractivity contribution in [3.05, 3.63) is 65.2 Å². The normalized spacial score (nSPS) is 19.4. The molecule has 142 valence electrons. The molecule has 1 saturated heterocycles. The van der Waals surface area contributed by atoms with Crippen molar-refractivity contribution >= 4 is 11.6 Å². The molecule has 2 aromatic rings. The van der Waals surface area contributed by atoms with Gasteiger partial charge in [-0.05, 0) is 29.2 Å². The third kappa shape index (κ3) is 3.99. The third-order valence-electron chi connectivity index (χ3n) is 5.51. The zero-order valence-corrected chi connectivity index (χ0v) is 15.9. The van der Waals surface area contributed by atoms with Crippen LogP contribution in [0.4, 0.5) is 5.69 Å². The zero-order valence-electron chi connectivity index (χ0n) is 15.9. The van der Waals surface area contributed by atoms with Crippen LogP contribution >= 0.6 is 0 Å². The summed E-state index contributed by atoms with van der Waals surface area (Å²) in [6.07, 6.45) is 0.754. The number of ether oxygens (including phenoxy) is 1. The maximum Gasteiger partial charge on any atom is 0.240 e. The largest absolute Gasteiger partial charge is 0.378 e. The number of amides is 1. The molecule has 1 fully saturated rings. The number of likely N-dealkylation sites (N-methyl/N-ethyl adjacent to an activating group) is 1. The molecule has 5 nitrogen and oxygen atoms in total. The maximum absolute atomic E-state index is 13.0. The van der Waals surface area contributed by atoms with Crippen molar-refractivity contribution in [2.75, 3.05) is 38.3 Å². The Labute approximate surface area is 160 Å². The Kier molecular flexibility index (Phi) is 5.41. The Bertz CT molecular complexity index is 802. The highest BCUT2D eigenvalue weighted by molar-refractivity contribution is 5.82. The Hall–Kier alpha value is -2.37. The molecule has 2 heterocycles.